The molecule has 6 rings (SSSR count). The van der Waals surface area contributed by atoms with Crippen molar-refractivity contribution in [2.75, 3.05) is 0 Å². The van der Waals surface area contributed by atoms with Crippen LogP contribution in [0.3, 0.4) is 0 Å². The summed E-state index contributed by atoms with van der Waals surface area (Å²) in [5, 5.41) is 0. The first-order chi connectivity index (χ1) is 18.6. The molecule has 0 unspecified atom stereocenters. The maximum atomic E-state index is 5.16. The molecule has 0 spiro atoms. The lowest BCUT2D eigenvalue weighted by atomic mass is 9.93. The van der Waals surface area contributed by atoms with Crippen LogP contribution in [0, 0.1) is 0 Å². The van der Waals surface area contributed by atoms with Crippen LogP contribution < -0.4 is 5.46 Å². The molecule has 0 bridgehead atoms. The van der Waals surface area contributed by atoms with Gasteiger partial charge in [-0.15, -0.1) is 0 Å². The largest absolute Gasteiger partial charge is 0.246 e. The molecule has 4 heteroatoms. The van der Waals surface area contributed by atoms with E-state index in [-0.39, 0.29) is 0 Å². The molecule has 0 atom stereocenters. The first-order valence-corrected chi connectivity index (χ1v) is 13.4. The lowest BCUT2D eigenvalue weighted by Gasteiger charge is -2.13. The predicted molar refractivity (Wildman–Crippen MR) is 165 cm³/mol. The summed E-state index contributed by atoms with van der Waals surface area (Å²) in [6, 6.07) is 46.3. The summed E-state index contributed by atoms with van der Waals surface area (Å²) < 4.78 is 1.02. The van der Waals surface area contributed by atoms with Crippen molar-refractivity contribution in [2.45, 2.75) is 0 Å². The third-order valence-electron chi connectivity index (χ3n) is 6.56. The zero-order valence-corrected chi connectivity index (χ0v) is 22.6. The molecule has 0 fully saturated rings. The number of benzene rings is 4. The standard InChI is InChI=1S/C34H24BBrN2/c35-29-15-7-13-25(17-29)31-19-27(23-9-3-1-4-10-23)21-33(37-31)34-22-28(24-11-5-2-6-12-24)20-32(38-34)26-14-8-16-30(36)18-26/h1-22H,35H2. The summed E-state index contributed by atoms with van der Waals surface area (Å²) in [6.45, 7) is 0. The van der Waals surface area contributed by atoms with Crippen LogP contribution in [0.1, 0.15) is 0 Å². The smallest absolute Gasteiger partial charge is 0.139 e. The lowest BCUT2D eigenvalue weighted by Crippen LogP contribution is -2.01. The second-order valence-corrected chi connectivity index (χ2v) is 10.3. The van der Waals surface area contributed by atoms with E-state index < -0.39 is 0 Å². The summed E-state index contributed by atoms with van der Waals surface area (Å²) in [4.78, 5) is 10.3. The Balaban J connectivity index is 1.59. The second-order valence-electron chi connectivity index (χ2n) is 9.36. The van der Waals surface area contributed by atoms with E-state index >= 15 is 0 Å². The Hall–Kier alpha value is -4.28. The molecule has 38 heavy (non-hydrogen) atoms. The highest BCUT2D eigenvalue weighted by molar-refractivity contribution is 9.10. The minimum Gasteiger partial charge on any atom is -0.246 e. The van der Waals surface area contributed by atoms with Crippen molar-refractivity contribution in [3.8, 4) is 56.2 Å². The topological polar surface area (TPSA) is 25.8 Å². The normalized spacial score (nSPS) is 10.9. The van der Waals surface area contributed by atoms with Crippen LogP contribution in [0.2, 0.25) is 0 Å². The second kappa shape index (κ2) is 10.6. The Labute approximate surface area is 232 Å². The van der Waals surface area contributed by atoms with Crippen LogP contribution in [-0.2, 0) is 0 Å². The van der Waals surface area contributed by atoms with Crippen LogP contribution in [0.25, 0.3) is 56.2 Å². The fourth-order valence-corrected chi connectivity index (χ4v) is 5.07. The number of pyridine rings is 2. The van der Waals surface area contributed by atoms with Gasteiger partial charge in [0.1, 0.15) is 7.85 Å². The fourth-order valence-electron chi connectivity index (χ4n) is 4.67. The van der Waals surface area contributed by atoms with Crippen molar-refractivity contribution in [3.63, 3.8) is 0 Å². The van der Waals surface area contributed by atoms with Gasteiger partial charge in [0.25, 0.3) is 0 Å². The van der Waals surface area contributed by atoms with Crippen molar-refractivity contribution in [3.05, 3.63) is 138 Å². The van der Waals surface area contributed by atoms with Gasteiger partial charge in [0.15, 0.2) is 0 Å². The van der Waals surface area contributed by atoms with Crippen LogP contribution in [0.5, 0.6) is 0 Å². The monoisotopic (exact) mass is 550 g/mol. The van der Waals surface area contributed by atoms with E-state index in [1.54, 1.807) is 0 Å². The summed E-state index contributed by atoms with van der Waals surface area (Å²) in [5.74, 6) is 0. The Kier molecular flexibility index (Phi) is 6.72. The molecule has 2 nitrogen and oxygen atoms in total. The van der Waals surface area contributed by atoms with Gasteiger partial charge in [-0.1, -0.05) is 118 Å². The number of rotatable bonds is 5. The molecule has 0 radical (unpaired) electrons. The first kappa shape index (κ1) is 24.1. The van der Waals surface area contributed by atoms with Gasteiger partial charge in [-0.2, -0.15) is 0 Å². The number of aromatic nitrogens is 2. The maximum Gasteiger partial charge on any atom is 0.139 e. The van der Waals surface area contributed by atoms with E-state index in [1.807, 2.05) is 24.3 Å². The summed E-state index contributed by atoms with van der Waals surface area (Å²) in [7, 11) is 2.11. The number of hydrogen-bond donors (Lipinski definition) is 0. The zero-order valence-electron chi connectivity index (χ0n) is 21.0. The Morgan fingerprint density at radius 1 is 0.395 bits per heavy atom. The van der Waals surface area contributed by atoms with Crippen LogP contribution in [0.4, 0.5) is 0 Å². The molecular weight excluding hydrogens is 527 g/mol. The average molecular weight is 551 g/mol. The van der Waals surface area contributed by atoms with E-state index in [1.165, 1.54) is 5.46 Å². The molecular formula is C34H24BBrN2. The lowest BCUT2D eigenvalue weighted by molar-refractivity contribution is 1.25. The molecule has 0 aliphatic rings. The third-order valence-corrected chi connectivity index (χ3v) is 7.05. The molecule has 180 valence electrons. The van der Waals surface area contributed by atoms with Crippen LogP contribution in [-0.4, -0.2) is 17.8 Å². The predicted octanol–water partition coefficient (Wildman–Crippen LogP) is 7.83. The highest BCUT2D eigenvalue weighted by Crippen LogP contribution is 2.34. The van der Waals surface area contributed by atoms with E-state index in [9.17, 15) is 0 Å². The van der Waals surface area contributed by atoms with Crippen molar-refractivity contribution >= 4 is 29.2 Å². The Bertz CT molecular complexity index is 1600. The summed E-state index contributed by atoms with van der Waals surface area (Å²) >= 11 is 3.62. The minimum atomic E-state index is 0.841. The molecule has 6 aromatic rings. The van der Waals surface area contributed by atoms with E-state index in [2.05, 4.69) is 133 Å². The van der Waals surface area contributed by atoms with Crippen LogP contribution >= 0.6 is 15.9 Å². The van der Waals surface area contributed by atoms with Gasteiger partial charge < -0.3 is 0 Å². The van der Waals surface area contributed by atoms with Gasteiger partial charge in [-0.25, -0.2) is 9.97 Å². The van der Waals surface area contributed by atoms with Crippen molar-refractivity contribution in [1.82, 2.24) is 9.97 Å². The average Bonchev–Trinajstić information content (AvgIpc) is 2.97. The van der Waals surface area contributed by atoms with E-state index in [0.29, 0.717) is 0 Å². The fraction of sp³-hybridized carbons (Fsp3) is 0. The SMILES string of the molecule is Bc1cccc(-c2cc(-c3ccccc3)cc(-c3cc(-c4ccccc4)cc(-c4cccc(Br)c4)n3)n2)c1. The molecule has 0 saturated carbocycles. The number of halogens is 1. The molecule has 0 aliphatic heterocycles. The molecule has 0 aliphatic carbocycles. The number of nitrogens with zero attached hydrogens (tertiary/aromatic N) is 2. The molecule has 2 heterocycles. The first-order valence-electron chi connectivity index (χ1n) is 12.6. The van der Waals surface area contributed by atoms with Crippen LogP contribution in [0.15, 0.2) is 138 Å². The molecule has 0 saturated heterocycles. The Morgan fingerprint density at radius 2 is 0.842 bits per heavy atom. The quantitative estimate of drug-likeness (QED) is 0.204. The molecule has 0 amide bonds. The van der Waals surface area contributed by atoms with Gasteiger partial charge in [0, 0.05) is 10.0 Å². The maximum absolute atomic E-state index is 5.16. The molecule has 0 N–H and O–H groups in total. The van der Waals surface area contributed by atoms with E-state index in [4.69, 9.17) is 9.97 Å². The van der Waals surface area contributed by atoms with Gasteiger partial charge in [-0.3, -0.25) is 0 Å². The van der Waals surface area contributed by atoms with Crippen molar-refractivity contribution in [1.29, 1.82) is 0 Å². The van der Waals surface area contributed by atoms with Gasteiger partial charge >= 0.3 is 0 Å². The summed E-state index contributed by atoms with van der Waals surface area (Å²) in [6.07, 6.45) is 0. The van der Waals surface area contributed by atoms with Gasteiger partial charge in [0.2, 0.25) is 0 Å². The summed E-state index contributed by atoms with van der Waals surface area (Å²) in [5.41, 5.74) is 11.4. The zero-order chi connectivity index (χ0) is 25.9. The highest BCUT2D eigenvalue weighted by atomic mass is 79.9. The molecule has 4 aromatic carbocycles. The highest BCUT2D eigenvalue weighted by Gasteiger charge is 2.14. The Morgan fingerprint density at radius 3 is 1.34 bits per heavy atom. The van der Waals surface area contributed by atoms with Gasteiger partial charge in [-0.05, 0) is 64.2 Å². The van der Waals surface area contributed by atoms with Crippen molar-refractivity contribution in [2.24, 2.45) is 0 Å². The van der Waals surface area contributed by atoms with E-state index in [0.717, 1.165) is 60.6 Å². The third kappa shape index (κ3) is 5.22. The minimum absolute atomic E-state index is 0.841. The van der Waals surface area contributed by atoms with Crippen molar-refractivity contribution < 1.29 is 0 Å². The molecule has 2 aromatic heterocycles. The number of hydrogen-bond acceptors (Lipinski definition) is 2. The van der Waals surface area contributed by atoms with Gasteiger partial charge in [0.05, 0.1) is 22.8 Å².